The second-order valence-corrected chi connectivity index (χ2v) is 5.47. The van der Waals surface area contributed by atoms with Crippen molar-refractivity contribution < 1.29 is 4.79 Å². The molecule has 2 rings (SSSR count). The predicted octanol–water partition coefficient (Wildman–Crippen LogP) is 3.53. The zero-order valence-corrected chi connectivity index (χ0v) is 11.9. The van der Waals surface area contributed by atoms with Crippen molar-refractivity contribution in [1.82, 2.24) is 5.32 Å². The Balaban J connectivity index is 1.98. The highest BCUT2D eigenvalue weighted by atomic mass is 32.1. The molecule has 0 aliphatic rings. The minimum absolute atomic E-state index is 0.0428. The number of carbonyl (C=O) groups excluding carboxylic acids is 1. The molecule has 0 radical (unpaired) electrons. The maximum atomic E-state index is 11.9. The van der Waals surface area contributed by atoms with Crippen molar-refractivity contribution in [3.05, 3.63) is 51.7 Å². The molecule has 0 spiro atoms. The van der Waals surface area contributed by atoms with Crippen LogP contribution in [0.25, 0.3) is 0 Å². The number of aryl methyl sites for hydroxylation is 1. The number of thiophene rings is 1. The zero-order valence-electron chi connectivity index (χ0n) is 10.1. The van der Waals surface area contributed by atoms with E-state index in [2.05, 4.69) is 36.3 Å². The van der Waals surface area contributed by atoms with Gasteiger partial charge in [-0.25, -0.2) is 0 Å². The Morgan fingerprint density at radius 3 is 2.67 bits per heavy atom. The lowest BCUT2D eigenvalue weighted by atomic mass is 10.2. The molecule has 0 unspecified atom stereocenters. The van der Waals surface area contributed by atoms with Crippen LogP contribution in [-0.2, 0) is 13.0 Å². The van der Waals surface area contributed by atoms with E-state index in [1.165, 1.54) is 10.4 Å². The van der Waals surface area contributed by atoms with Gasteiger partial charge in [-0.1, -0.05) is 6.92 Å². The largest absolute Gasteiger partial charge is 0.347 e. The molecule has 94 valence electrons. The van der Waals surface area contributed by atoms with E-state index < -0.39 is 0 Å². The predicted molar refractivity (Wildman–Crippen MR) is 78.6 cm³/mol. The summed E-state index contributed by atoms with van der Waals surface area (Å²) in [7, 11) is 0. The Morgan fingerprint density at radius 1 is 1.28 bits per heavy atom. The summed E-state index contributed by atoms with van der Waals surface area (Å²) in [5, 5.41) is 5.01. The lowest BCUT2D eigenvalue weighted by Crippen LogP contribution is -2.22. The van der Waals surface area contributed by atoms with Crippen LogP contribution in [-0.4, -0.2) is 5.91 Å². The average molecular weight is 277 g/mol. The van der Waals surface area contributed by atoms with Gasteiger partial charge < -0.3 is 5.32 Å². The zero-order chi connectivity index (χ0) is 13.0. The maximum Gasteiger partial charge on any atom is 0.251 e. The average Bonchev–Trinajstić information content (AvgIpc) is 2.84. The Bertz CT molecular complexity index is 531. The fraction of sp³-hybridized carbons (Fsp3) is 0.214. The SMILES string of the molecule is CCc1ccsc1CNC(=O)c1ccc(S)cc1. The van der Waals surface area contributed by atoms with E-state index in [-0.39, 0.29) is 5.91 Å². The number of hydrogen-bond acceptors (Lipinski definition) is 3. The summed E-state index contributed by atoms with van der Waals surface area (Å²) in [6.07, 6.45) is 1.00. The molecule has 2 nitrogen and oxygen atoms in total. The van der Waals surface area contributed by atoms with E-state index in [0.717, 1.165) is 11.3 Å². The number of carbonyl (C=O) groups is 1. The normalized spacial score (nSPS) is 10.3. The molecule has 1 heterocycles. The first-order valence-corrected chi connectivity index (χ1v) is 7.16. The first kappa shape index (κ1) is 13.2. The summed E-state index contributed by atoms with van der Waals surface area (Å²) in [6, 6.07) is 9.32. The standard InChI is InChI=1S/C14H15NOS2/c1-2-10-7-8-18-13(10)9-15-14(16)11-3-5-12(17)6-4-11/h3-8,17H,2,9H2,1H3,(H,15,16). The van der Waals surface area contributed by atoms with Gasteiger partial charge in [0, 0.05) is 15.3 Å². The molecule has 0 saturated heterocycles. The Hall–Kier alpha value is -1.26. The number of benzene rings is 1. The number of hydrogen-bond donors (Lipinski definition) is 2. The smallest absolute Gasteiger partial charge is 0.251 e. The highest BCUT2D eigenvalue weighted by molar-refractivity contribution is 7.80. The third-order valence-corrected chi connectivity index (χ3v) is 4.02. The summed E-state index contributed by atoms with van der Waals surface area (Å²) in [5.74, 6) is -0.0428. The first-order chi connectivity index (χ1) is 8.70. The van der Waals surface area contributed by atoms with Crippen molar-refractivity contribution in [1.29, 1.82) is 0 Å². The van der Waals surface area contributed by atoms with E-state index in [9.17, 15) is 4.79 Å². The summed E-state index contributed by atoms with van der Waals surface area (Å²) < 4.78 is 0. The molecule has 1 aromatic carbocycles. The minimum atomic E-state index is -0.0428. The highest BCUT2D eigenvalue weighted by Gasteiger charge is 2.07. The second kappa shape index (κ2) is 6.07. The summed E-state index contributed by atoms with van der Waals surface area (Å²) >= 11 is 5.88. The molecular formula is C14H15NOS2. The van der Waals surface area contributed by atoms with Crippen molar-refractivity contribution in [3.63, 3.8) is 0 Å². The molecule has 4 heteroatoms. The van der Waals surface area contributed by atoms with Crippen molar-refractivity contribution in [3.8, 4) is 0 Å². The van der Waals surface area contributed by atoms with Gasteiger partial charge in [0.1, 0.15) is 0 Å². The van der Waals surface area contributed by atoms with Crippen molar-refractivity contribution in [2.24, 2.45) is 0 Å². The van der Waals surface area contributed by atoms with Crippen LogP contribution in [0, 0.1) is 0 Å². The fourth-order valence-corrected chi connectivity index (χ4v) is 2.78. The molecule has 1 aromatic heterocycles. The van der Waals surface area contributed by atoms with Crippen LogP contribution in [0.4, 0.5) is 0 Å². The molecule has 0 bridgehead atoms. The highest BCUT2D eigenvalue weighted by Crippen LogP contribution is 2.17. The van der Waals surface area contributed by atoms with Crippen molar-refractivity contribution >= 4 is 29.9 Å². The van der Waals surface area contributed by atoms with Crippen LogP contribution in [0.5, 0.6) is 0 Å². The van der Waals surface area contributed by atoms with Crippen LogP contribution in [0.1, 0.15) is 27.7 Å². The lowest BCUT2D eigenvalue weighted by molar-refractivity contribution is 0.0951. The van der Waals surface area contributed by atoms with Crippen LogP contribution in [0.2, 0.25) is 0 Å². The van der Waals surface area contributed by atoms with Crippen LogP contribution in [0.3, 0.4) is 0 Å². The Kier molecular flexibility index (Phi) is 4.44. The first-order valence-electron chi connectivity index (χ1n) is 5.83. The van der Waals surface area contributed by atoms with Gasteiger partial charge in [-0.15, -0.1) is 24.0 Å². The van der Waals surface area contributed by atoms with E-state index in [1.54, 1.807) is 23.5 Å². The van der Waals surface area contributed by atoms with E-state index in [4.69, 9.17) is 0 Å². The van der Waals surface area contributed by atoms with Crippen LogP contribution < -0.4 is 5.32 Å². The molecule has 0 saturated carbocycles. The van der Waals surface area contributed by atoms with Gasteiger partial charge in [0.05, 0.1) is 6.54 Å². The number of nitrogens with one attached hydrogen (secondary N) is 1. The molecule has 2 aromatic rings. The summed E-state index contributed by atoms with van der Waals surface area (Å²) in [5.41, 5.74) is 1.98. The van der Waals surface area contributed by atoms with Gasteiger partial charge in [-0.2, -0.15) is 0 Å². The Labute approximate surface area is 116 Å². The molecule has 0 fully saturated rings. The van der Waals surface area contributed by atoms with Crippen molar-refractivity contribution in [2.75, 3.05) is 0 Å². The van der Waals surface area contributed by atoms with Crippen LogP contribution in [0.15, 0.2) is 40.6 Å². The van der Waals surface area contributed by atoms with E-state index in [1.807, 2.05) is 12.1 Å². The van der Waals surface area contributed by atoms with Gasteiger partial charge in [-0.3, -0.25) is 4.79 Å². The van der Waals surface area contributed by atoms with Gasteiger partial charge >= 0.3 is 0 Å². The Morgan fingerprint density at radius 2 is 2.00 bits per heavy atom. The van der Waals surface area contributed by atoms with E-state index >= 15 is 0 Å². The topological polar surface area (TPSA) is 29.1 Å². The summed E-state index contributed by atoms with van der Waals surface area (Å²) in [4.78, 5) is 14.0. The molecule has 1 N–H and O–H groups in total. The minimum Gasteiger partial charge on any atom is -0.347 e. The molecule has 0 aliphatic carbocycles. The third kappa shape index (κ3) is 3.15. The lowest BCUT2D eigenvalue weighted by Gasteiger charge is -2.05. The van der Waals surface area contributed by atoms with E-state index in [0.29, 0.717) is 12.1 Å². The van der Waals surface area contributed by atoms with Gasteiger partial charge in [0.25, 0.3) is 5.91 Å². The quantitative estimate of drug-likeness (QED) is 0.823. The molecular weight excluding hydrogens is 262 g/mol. The van der Waals surface area contributed by atoms with Crippen LogP contribution >= 0.6 is 24.0 Å². The molecule has 0 atom stereocenters. The molecule has 18 heavy (non-hydrogen) atoms. The van der Waals surface area contributed by atoms with Gasteiger partial charge in [-0.05, 0) is 47.7 Å². The fourth-order valence-electron chi connectivity index (χ4n) is 1.71. The van der Waals surface area contributed by atoms with Gasteiger partial charge in [0.15, 0.2) is 0 Å². The monoisotopic (exact) mass is 277 g/mol. The van der Waals surface area contributed by atoms with Gasteiger partial charge in [0.2, 0.25) is 0 Å². The number of rotatable bonds is 4. The molecule has 0 aliphatic heterocycles. The maximum absolute atomic E-state index is 11.9. The molecule has 1 amide bonds. The number of amides is 1. The third-order valence-electron chi connectivity index (χ3n) is 2.76. The van der Waals surface area contributed by atoms with Crippen molar-refractivity contribution in [2.45, 2.75) is 24.8 Å². The number of thiol groups is 1. The summed E-state index contributed by atoms with van der Waals surface area (Å²) in [6.45, 7) is 2.72. The second-order valence-electron chi connectivity index (χ2n) is 3.95.